The number of carbonyl (C=O) groups is 1. The van der Waals surface area contributed by atoms with Crippen LogP contribution in [0.4, 0.5) is 8.78 Å². The van der Waals surface area contributed by atoms with Gasteiger partial charge in [-0.2, -0.15) is 10.1 Å². The Morgan fingerprint density at radius 1 is 1.19 bits per heavy atom. The number of benzene rings is 2. The third-order valence-electron chi connectivity index (χ3n) is 4.55. The highest BCUT2D eigenvalue weighted by Crippen LogP contribution is 2.26. The molecule has 0 fully saturated rings. The normalized spacial score (nSPS) is 10.9. The minimum Gasteiger partial charge on any atom is -0.487 e. The molecular formula is C21H17F2N5O3. The van der Waals surface area contributed by atoms with E-state index < -0.39 is 17.5 Å². The van der Waals surface area contributed by atoms with Crippen molar-refractivity contribution in [2.75, 3.05) is 0 Å². The van der Waals surface area contributed by atoms with Crippen molar-refractivity contribution in [1.29, 1.82) is 0 Å². The fraction of sp³-hybridized carbons (Fsp3) is 0.143. The maximum atomic E-state index is 13.4. The zero-order chi connectivity index (χ0) is 22.0. The first-order chi connectivity index (χ1) is 14.9. The maximum absolute atomic E-state index is 13.4. The maximum Gasteiger partial charge on any atom is 0.261 e. The quantitative estimate of drug-likeness (QED) is 0.488. The summed E-state index contributed by atoms with van der Waals surface area (Å²) in [5, 5.41) is 8.19. The van der Waals surface area contributed by atoms with Gasteiger partial charge >= 0.3 is 0 Å². The fourth-order valence-electron chi connectivity index (χ4n) is 3.00. The number of primary amides is 1. The molecule has 2 aromatic carbocycles. The summed E-state index contributed by atoms with van der Waals surface area (Å²) in [6.07, 6.45) is 1.65. The van der Waals surface area contributed by atoms with Crippen LogP contribution in [0.5, 0.6) is 5.75 Å². The molecule has 0 saturated carbocycles. The highest BCUT2D eigenvalue weighted by Gasteiger charge is 2.19. The van der Waals surface area contributed by atoms with Gasteiger partial charge in [-0.15, -0.1) is 0 Å². The van der Waals surface area contributed by atoms with Crippen LogP contribution in [-0.4, -0.2) is 25.8 Å². The van der Waals surface area contributed by atoms with Crippen molar-refractivity contribution >= 4 is 5.91 Å². The van der Waals surface area contributed by atoms with Crippen LogP contribution in [0.25, 0.3) is 22.8 Å². The second-order valence-electron chi connectivity index (χ2n) is 6.76. The van der Waals surface area contributed by atoms with Gasteiger partial charge in [-0.1, -0.05) is 23.4 Å². The monoisotopic (exact) mass is 425 g/mol. The average Bonchev–Trinajstić information content (AvgIpc) is 3.35. The van der Waals surface area contributed by atoms with Gasteiger partial charge in [-0.25, -0.2) is 8.78 Å². The molecule has 1 amide bonds. The molecule has 0 unspecified atom stereocenters. The molecule has 0 spiro atoms. The molecule has 4 rings (SSSR count). The van der Waals surface area contributed by atoms with Crippen molar-refractivity contribution in [3.63, 3.8) is 0 Å². The molecule has 2 aromatic heterocycles. The first-order valence-corrected chi connectivity index (χ1v) is 9.21. The van der Waals surface area contributed by atoms with Crippen molar-refractivity contribution in [3.8, 4) is 28.6 Å². The largest absolute Gasteiger partial charge is 0.487 e. The summed E-state index contributed by atoms with van der Waals surface area (Å²) in [6, 6.07) is 10.4. The molecule has 10 heteroatoms. The lowest BCUT2D eigenvalue weighted by atomic mass is 10.1. The molecule has 4 aromatic rings. The lowest BCUT2D eigenvalue weighted by molar-refractivity contribution is -0.117. The van der Waals surface area contributed by atoms with E-state index in [4.69, 9.17) is 15.0 Å². The molecule has 0 bridgehead atoms. The van der Waals surface area contributed by atoms with E-state index in [-0.39, 0.29) is 24.7 Å². The predicted molar refractivity (Wildman–Crippen MR) is 106 cm³/mol. The molecule has 0 radical (unpaired) electrons. The van der Waals surface area contributed by atoms with Gasteiger partial charge in [-0.3, -0.25) is 9.48 Å². The molecule has 0 aliphatic rings. The Morgan fingerprint density at radius 3 is 2.81 bits per heavy atom. The van der Waals surface area contributed by atoms with Crippen molar-refractivity contribution < 1.29 is 22.8 Å². The van der Waals surface area contributed by atoms with Gasteiger partial charge in [0.25, 0.3) is 5.89 Å². The van der Waals surface area contributed by atoms with E-state index in [1.807, 2.05) is 0 Å². The average molecular weight is 425 g/mol. The molecule has 31 heavy (non-hydrogen) atoms. The van der Waals surface area contributed by atoms with Crippen LogP contribution in [0.15, 0.2) is 53.2 Å². The van der Waals surface area contributed by atoms with Crippen LogP contribution in [0.1, 0.15) is 11.3 Å². The Bertz CT molecular complexity index is 1250. The third-order valence-corrected chi connectivity index (χ3v) is 4.55. The topological polar surface area (TPSA) is 109 Å². The van der Waals surface area contributed by atoms with E-state index in [2.05, 4.69) is 15.2 Å². The summed E-state index contributed by atoms with van der Waals surface area (Å²) in [5.74, 6) is -1.67. The van der Waals surface area contributed by atoms with Crippen molar-refractivity contribution in [2.45, 2.75) is 13.0 Å². The Labute approximate surface area is 175 Å². The molecule has 0 atom stereocenters. The number of halogens is 2. The fourth-order valence-corrected chi connectivity index (χ4v) is 3.00. The summed E-state index contributed by atoms with van der Waals surface area (Å²) in [4.78, 5) is 15.6. The number of hydrogen-bond acceptors (Lipinski definition) is 6. The molecule has 0 aliphatic carbocycles. The molecule has 2 heterocycles. The number of hydrogen-bond donors (Lipinski definition) is 1. The number of nitrogens with zero attached hydrogens (tertiary/aromatic N) is 4. The summed E-state index contributed by atoms with van der Waals surface area (Å²) in [7, 11) is 1.71. The van der Waals surface area contributed by atoms with Gasteiger partial charge in [0.05, 0.1) is 23.9 Å². The second kappa shape index (κ2) is 8.34. The summed E-state index contributed by atoms with van der Waals surface area (Å²) in [6.45, 7) is 0.0166. The van der Waals surface area contributed by atoms with Crippen LogP contribution in [0.2, 0.25) is 0 Å². The summed E-state index contributed by atoms with van der Waals surface area (Å²) < 4.78 is 39.0. The summed E-state index contributed by atoms with van der Waals surface area (Å²) in [5.41, 5.74) is 7.79. The van der Waals surface area contributed by atoms with Gasteiger partial charge in [0.15, 0.2) is 11.6 Å². The zero-order valence-corrected chi connectivity index (χ0v) is 16.4. The zero-order valence-electron chi connectivity index (χ0n) is 16.4. The Balaban J connectivity index is 1.57. The molecular weight excluding hydrogens is 408 g/mol. The van der Waals surface area contributed by atoms with E-state index in [0.29, 0.717) is 22.6 Å². The summed E-state index contributed by atoms with van der Waals surface area (Å²) >= 11 is 0. The van der Waals surface area contributed by atoms with Gasteiger partial charge in [0.1, 0.15) is 12.4 Å². The predicted octanol–water partition coefficient (Wildman–Crippen LogP) is 3.02. The minimum absolute atomic E-state index is 0.0166. The highest BCUT2D eigenvalue weighted by atomic mass is 19.2. The molecule has 0 aliphatic heterocycles. The van der Waals surface area contributed by atoms with Gasteiger partial charge < -0.3 is 15.0 Å². The minimum atomic E-state index is -0.997. The molecule has 0 saturated heterocycles. The second-order valence-corrected chi connectivity index (χ2v) is 6.76. The SMILES string of the molecule is Cn1ncc(-c2nc(-c3cccc(CC(N)=O)c3)no2)c1COc1ccc(F)c(F)c1. The van der Waals surface area contributed by atoms with Crippen LogP contribution in [-0.2, 0) is 24.9 Å². The third kappa shape index (κ3) is 4.42. The number of aromatic nitrogens is 4. The van der Waals surface area contributed by atoms with Crippen LogP contribution in [0.3, 0.4) is 0 Å². The standard InChI is InChI=1S/C21H17F2N5O3/c1-28-18(11-30-14-5-6-16(22)17(23)9-14)15(10-25-28)21-26-20(27-31-21)13-4-2-3-12(7-13)8-19(24)29/h2-7,9-10H,8,11H2,1H3,(H2,24,29). The molecule has 8 nitrogen and oxygen atoms in total. The Kier molecular flexibility index (Phi) is 5.44. The first kappa shape index (κ1) is 20.2. The lowest BCUT2D eigenvalue weighted by Crippen LogP contribution is -2.13. The van der Waals surface area contributed by atoms with E-state index in [0.717, 1.165) is 17.7 Å². The molecule has 2 N–H and O–H groups in total. The van der Waals surface area contributed by atoms with E-state index >= 15 is 0 Å². The van der Waals surface area contributed by atoms with Crippen LogP contribution >= 0.6 is 0 Å². The van der Waals surface area contributed by atoms with E-state index in [9.17, 15) is 13.6 Å². The number of rotatable bonds is 7. The van der Waals surface area contributed by atoms with Crippen molar-refractivity contribution in [2.24, 2.45) is 12.8 Å². The van der Waals surface area contributed by atoms with E-state index in [1.165, 1.54) is 6.07 Å². The van der Waals surface area contributed by atoms with Gasteiger partial charge in [-0.05, 0) is 23.8 Å². The van der Waals surface area contributed by atoms with Crippen molar-refractivity contribution in [3.05, 3.63) is 71.6 Å². The molecule has 158 valence electrons. The van der Waals surface area contributed by atoms with Crippen molar-refractivity contribution in [1.82, 2.24) is 19.9 Å². The Morgan fingerprint density at radius 2 is 2.03 bits per heavy atom. The van der Waals surface area contributed by atoms with E-state index in [1.54, 1.807) is 42.2 Å². The van der Waals surface area contributed by atoms with Gasteiger partial charge in [0, 0.05) is 18.7 Å². The number of ether oxygens (including phenoxy) is 1. The van der Waals surface area contributed by atoms with Crippen LogP contribution in [0, 0.1) is 11.6 Å². The number of carbonyl (C=O) groups excluding carboxylic acids is 1. The van der Waals surface area contributed by atoms with Crippen LogP contribution < -0.4 is 10.5 Å². The first-order valence-electron chi connectivity index (χ1n) is 9.21. The van der Waals surface area contributed by atoms with Gasteiger partial charge in [0.2, 0.25) is 11.7 Å². The highest BCUT2D eigenvalue weighted by molar-refractivity contribution is 5.77. The number of nitrogens with two attached hydrogens (primary N) is 1. The smallest absolute Gasteiger partial charge is 0.261 e. The lowest BCUT2D eigenvalue weighted by Gasteiger charge is -2.08. The number of aryl methyl sites for hydroxylation is 1. The number of amides is 1. The Hall–Kier alpha value is -4.08.